The number of rotatable bonds is 3. The Bertz CT molecular complexity index is 783. The molecule has 0 aromatic heterocycles. The first-order valence-corrected chi connectivity index (χ1v) is 7.05. The van der Waals surface area contributed by atoms with Crippen molar-refractivity contribution in [3.63, 3.8) is 0 Å². The van der Waals surface area contributed by atoms with Crippen LogP contribution in [-0.4, -0.2) is 18.3 Å². The molecule has 1 aliphatic heterocycles. The average molecular weight is 314 g/mol. The maximum Gasteiger partial charge on any atom is 0.262 e. The molecule has 1 aliphatic rings. The molecule has 2 aromatic carbocycles. The number of ether oxygens (including phenoxy) is 1. The molecule has 1 heterocycles. The quantitative estimate of drug-likeness (QED) is 0.696. The van der Waals surface area contributed by atoms with Crippen LogP contribution in [0.1, 0.15) is 15.9 Å². The molecular weight excluding hydrogens is 302 g/mol. The van der Waals surface area contributed by atoms with Gasteiger partial charge in [-0.2, -0.15) is 0 Å². The summed E-state index contributed by atoms with van der Waals surface area (Å²) in [4.78, 5) is 23.5. The van der Waals surface area contributed by atoms with Crippen LogP contribution in [0.2, 0.25) is 5.02 Å². The van der Waals surface area contributed by atoms with Gasteiger partial charge < -0.3 is 10.1 Å². The van der Waals surface area contributed by atoms with Gasteiger partial charge >= 0.3 is 0 Å². The van der Waals surface area contributed by atoms with Gasteiger partial charge in [0.2, 0.25) is 0 Å². The van der Waals surface area contributed by atoms with Crippen molar-refractivity contribution in [3.05, 3.63) is 64.7 Å². The molecule has 22 heavy (non-hydrogen) atoms. The summed E-state index contributed by atoms with van der Waals surface area (Å²) in [5.41, 5.74) is 1.74. The summed E-state index contributed by atoms with van der Waals surface area (Å²) in [7, 11) is 0. The van der Waals surface area contributed by atoms with E-state index in [1.807, 2.05) is 18.2 Å². The van der Waals surface area contributed by atoms with Gasteiger partial charge in [0.25, 0.3) is 5.91 Å². The number of benzene rings is 2. The van der Waals surface area contributed by atoms with Crippen LogP contribution in [-0.2, 0) is 4.79 Å². The zero-order chi connectivity index (χ0) is 15.5. The number of allylic oxidation sites excluding steroid dienone is 1. The number of hydrogen-bond donors (Lipinski definition) is 1. The van der Waals surface area contributed by atoms with Crippen molar-refractivity contribution in [1.29, 1.82) is 0 Å². The lowest BCUT2D eigenvalue weighted by Crippen LogP contribution is -2.25. The molecule has 4 nitrogen and oxygen atoms in total. The molecule has 0 aliphatic carbocycles. The van der Waals surface area contributed by atoms with Crippen molar-refractivity contribution in [2.45, 2.75) is 0 Å². The Morgan fingerprint density at radius 2 is 2.05 bits per heavy atom. The van der Waals surface area contributed by atoms with Crippen LogP contribution in [0.4, 0.5) is 5.69 Å². The smallest absolute Gasteiger partial charge is 0.262 e. The molecule has 5 heteroatoms. The number of carbonyl (C=O) groups is 2. The number of nitrogens with one attached hydrogen (secondary N) is 1. The van der Waals surface area contributed by atoms with E-state index in [4.69, 9.17) is 16.3 Å². The van der Waals surface area contributed by atoms with Crippen LogP contribution in [0.25, 0.3) is 6.08 Å². The number of anilines is 1. The van der Waals surface area contributed by atoms with Crippen molar-refractivity contribution in [2.75, 3.05) is 11.9 Å². The van der Waals surface area contributed by atoms with E-state index < -0.39 is 0 Å². The molecule has 0 fully saturated rings. The highest BCUT2D eigenvalue weighted by atomic mass is 35.5. The molecule has 0 atom stereocenters. The van der Waals surface area contributed by atoms with Crippen LogP contribution in [0.3, 0.4) is 0 Å². The highest BCUT2D eigenvalue weighted by Crippen LogP contribution is 2.28. The molecule has 1 amide bonds. The van der Waals surface area contributed by atoms with Gasteiger partial charge in [0, 0.05) is 10.6 Å². The number of fused-ring (bicyclic) bond motifs is 1. The van der Waals surface area contributed by atoms with Gasteiger partial charge in [0.05, 0.1) is 5.69 Å². The van der Waals surface area contributed by atoms with Gasteiger partial charge in [0.1, 0.15) is 5.75 Å². The molecule has 1 N–H and O–H groups in total. The van der Waals surface area contributed by atoms with Crippen LogP contribution >= 0.6 is 11.6 Å². The van der Waals surface area contributed by atoms with Crippen molar-refractivity contribution in [1.82, 2.24) is 0 Å². The second kappa shape index (κ2) is 6.03. The zero-order valence-corrected chi connectivity index (χ0v) is 12.3. The Morgan fingerprint density at radius 3 is 2.86 bits per heavy atom. The molecule has 0 spiro atoms. The van der Waals surface area contributed by atoms with E-state index >= 15 is 0 Å². The van der Waals surface area contributed by atoms with Crippen molar-refractivity contribution in [3.8, 4) is 5.75 Å². The minimum atomic E-state index is -0.233. The zero-order valence-electron chi connectivity index (χ0n) is 11.5. The third-order valence-corrected chi connectivity index (χ3v) is 3.56. The van der Waals surface area contributed by atoms with Gasteiger partial charge in [-0.25, -0.2) is 0 Å². The van der Waals surface area contributed by atoms with Gasteiger partial charge in [-0.15, -0.1) is 0 Å². The second-order valence-electron chi connectivity index (χ2n) is 4.77. The topological polar surface area (TPSA) is 55.4 Å². The molecular formula is C17H12ClNO3. The molecule has 110 valence electrons. The van der Waals surface area contributed by atoms with Crippen LogP contribution in [0, 0.1) is 0 Å². The van der Waals surface area contributed by atoms with E-state index in [1.165, 1.54) is 6.08 Å². The molecule has 0 saturated heterocycles. The highest BCUT2D eigenvalue weighted by molar-refractivity contribution is 6.32. The summed E-state index contributed by atoms with van der Waals surface area (Å²) < 4.78 is 5.26. The number of carbonyl (C=O) groups excluding carboxylic acids is 2. The van der Waals surface area contributed by atoms with E-state index in [0.717, 1.165) is 5.56 Å². The molecule has 0 radical (unpaired) electrons. The van der Waals surface area contributed by atoms with Gasteiger partial charge in [-0.3, -0.25) is 9.59 Å². The molecule has 0 bridgehead atoms. The fourth-order valence-electron chi connectivity index (χ4n) is 2.11. The molecule has 3 rings (SSSR count). The summed E-state index contributed by atoms with van der Waals surface area (Å²) in [6.07, 6.45) is 3.12. The van der Waals surface area contributed by atoms with Crippen LogP contribution < -0.4 is 10.1 Å². The van der Waals surface area contributed by atoms with Gasteiger partial charge in [-0.05, 0) is 42.0 Å². The van der Waals surface area contributed by atoms with Crippen LogP contribution in [0.5, 0.6) is 5.75 Å². The Labute approximate surface area is 132 Å². The first-order valence-electron chi connectivity index (χ1n) is 6.67. The molecule has 0 saturated carbocycles. The first-order chi connectivity index (χ1) is 10.6. The van der Waals surface area contributed by atoms with Crippen molar-refractivity contribution in [2.24, 2.45) is 0 Å². The lowest BCUT2D eigenvalue weighted by molar-refractivity contribution is -0.118. The number of ketones is 1. The Balaban J connectivity index is 1.82. The van der Waals surface area contributed by atoms with Gasteiger partial charge in [0.15, 0.2) is 12.4 Å². The summed E-state index contributed by atoms with van der Waals surface area (Å²) in [5, 5.41) is 3.26. The Kier molecular flexibility index (Phi) is 3.94. The number of hydrogen-bond acceptors (Lipinski definition) is 3. The second-order valence-corrected chi connectivity index (χ2v) is 5.17. The average Bonchev–Trinajstić information content (AvgIpc) is 2.53. The summed E-state index contributed by atoms with van der Waals surface area (Å²) >= 11 is 6.04. The third-order valence-electron chi connectivity index (χ3n) is 3.22. The first kappa shape index (κ1) is 14.4. The summed E-state index contributed by atoms with van der Waals surface area (Å²) in [6, 6.07) is 12.2. The van der Waals surface area contributed by atoms with E-state index in [1.54, 1.807) is 30.3 Å². The Hall–Kier alpha value is -2.59. The minimum absolute atomic E-state index is 0.00724. The maximum absolute atomic E-state index is 12.2. The normalized spacial score (nSPS) is 13.4. The standard InChI is InChI=1S/C17H12ClNO3/c18-13-4-2-1-3-11(13)5-7-15(20)12-6-8-16-14(9-12)19-17(21)10-22-16/h1-9H,10H2,(H,19,21)/b7-5+. The Morgan fingerprint density at radius 1 is 1.23 bits per heavy atom. The third kappa shape index (κ3) is 3.02. The van der Waals surface area contributed by atoms with Crippen molar-refractivity contribution >= 4 is 35.1 Å². The molecule has 2 aromatic rings. The minimum Gasteiger partial charge on any atom is -0.482 e. The van der Waals surface area contributed by atoms with Crippen LogP contribution in [0.15, 0.2) is 48.5 Å². The maximum atomic E-state index is 12.2. The largest absolute Gasteiger partial charge is 0.482 e. The summed E-state index contributed by atoms with van der Waals surface area (Å²) in [6.45, 7) is -0.00724. The summed E-state index contributed by atoms with van der Waals surface area (Å²) in [5.74, 6) is 0.150. The predicted molar refractivity (Wildman–Crippen MR) is 85.4 cm³/mol. The van der Waals surface area contributed by atoms with E-state index in [9.17, 15) is 9.59 Å². The highest BCUT2D eigenvalue weighted by Gasteiger charge is 2.17. The fourth-order valence-corrected chi connectivity index (χ4v) is 2.31. The SMILES string of the molecule is O=C1COc2ccc(C(=O)/C=C/c3ccccc3Cl)cc2N1. The number of amides is 1. The number of halogens is 1. The predicted octanol–water partition coefficient (Wildman–Crippen LogP) is 3.57. The van der Waals surface area contributed by atoms with Crippen molar-refractivity contribution < 1.29 is 14.3 Å². The lowest BCUT2D eigenvalue weighted by atomic mass is 10.1. The van der Waals surface area contributed by atoms with E-state index in [2.05, 4.69) is 5.32 Å². The van der Waals surface area contributed by atoms with Gasteiger partial charge in [-0.1, -0.05) is 29.8 Å². The van der Waals surface area contributed by atoms with E-state index in [0.29, 0.717) is 22.0 Å². The lowest BCUT2D eigenvalue weighted by Gasteiger charge is -2.17. The molecule has 0 unspecified atom stereocenters. The van der Waals surface area contributed by atoms with E-state index in [-0.39, 0.29) is 18.3 Å². The fraction of sp³-hybridized carbons (Fsp3) is 0.0588. The monoisotopic (exact) mass is 313 g/mol.